The van der Waals surface area contributed by atoms with Crippen LogP contribution < -0.4 is 5.73 Å². The first kappa shape index (κ1) is 14.1. The van der Waals surface area contributed by atoms with E-state index in [0.29, 0.717) is 26.1 Å². The SMILES string of the molecule is [2H]C([2H])([2H])[N+]1(CCC(C(N)=O)(c2ccccc2)c2ccccc2)CCCCC1. The van der Waals surface area contributed by atoms with E-state index in [1.165, 1.54) is 0 Å². The quantitative estimate of drug-likeness (QED) is 0.804. The standard InChI is InChI=1S/C22H28N2O/c1-24(16-9-4-10-17-24)18-15-22(21(23)25,19-11-5-2-6-12-19)20-13-7-3-8-14-20/h2-3,5-8,11-14H,4,9-10,15-18H2,1H3,(H-,23,25)/p+1/i1D3. The number of rotatable bonds is 6. The van der Waals surface area contributed by atoms with Crippen molar-refractivity contribution in [3.05, 3.63) is 71.8 Å². The van der Waals surface area contributed by atoms with Gasteiger partial charge >= 0.3 is 0 Å². The van der Waals surface area contributed by atoms with E-state index in [4.69, 9.17) is 9.85 Å². The number of piperidine rings is 1. The topological polar surface area (TPSA) is 43.1 Å². The van der Waals surface area contributed by atoms with Gasteiger partial charge in [-0.25, -0.2) is 0 Å². The minimum atomic E-state index is -2.10. The lowest BCUT2D eigenvalue weighted by atomic mass is 9.71. The Balaban J connectivity index is 2.06. The van der Waals surface area contributed by atoms with E-state index in [0.717, 1.165) is 30.4 Å². The van der Waals surface area contributed by atoms with Crippen LogP contribution in [0.25, 0.3) is 0 Å². The van der Waals surface area contributed by atoms with E-state index in [9.17, 15) is 4.79 Å². The number of nitrogens with zero attached hydrogens (tertiary/aromatic N) is 1. The van der Waals surface area contributed by atoms with Crippen molar-refractivity contribution in [3.8, 4) is 0 Å². The molecule has 3 heteroatoms. The van der Waals surface area contributed by atoms with Gasteiger partial charge in [0.2, 0.25) is 5.91 Å². The molecule has 0 bridgehead atoms. The fourth-order valence-corrected chi connectivity index (χ4v) is 4.03. The van der Waals surface area contributed by atoms with Gasteiger partial charge < -0.3 is 10.2 Å². The maximum atomic E-state index is 12.9. The number of hydrogen-bond donors (Lipinski definition) is 1. The highest BCUT2D eigenvalue weighted by atomic mass is 16.1. The van der Waals surface area contributed by atoms with Gasteiger partial charge in [0, 0.05) is 6.42 Å². The zero-order valence-electron chi connectivity index (χ0n) is 17.7. The van der Waals surface area contributed by atoms with E-state index in [1.807, 2.05) is 60.7 Å². The Hall–Kier alpha value is -2.13. The van der Waals surface area contributed by atoms with Gasteiger partial charge in [0.25, 0.3) is 0 Å². The zero-order chi connectivity index (χ0) is 20.3. The van der Waals surface area contributed by atoms with Crippen molar-refractivity contribution in [1.82, 2.24) is 0 Å². The van der Waals surface area contributed by atoms with E-state index >= 15 is 0 Å². The molecule has 132 valence electrons. The molecule has 0 radical (unpaired) electrons. The minimum Gasteiger partial charge on any atom is -0.369 e. The maximum absolute atomic E-state index is 12.9. The molecular formula is C22H29N2O+. The maximum Gasteiger partial charge on any atom is 0.232 e. The minimum absolute atomic E-state index is 0.0572. The molecule has 3 rings (SSSR count). The Labute approximate surface area is 155 Å². The molecule has 1 fully saturated rings. The lowest BCUT2D eigenvalue weighted by Crippen LogP contribution is -2.52. The summed E-state index contributed by atoms with van der Waals surface area (Å²) in [7, 11) is 0. The van der Waals surface area contributed by atoms with Gasteiger partial charge in [-0.2, -0.15) is 0 Å². The van der Waals surface area contributed by atoms with Gasteiger partial charge in [-0.1, -0.05) is 60.7 Å². The highest BCUT2D eigenvalue weighted by Crippen LogP contribution is 2.37. The van der Waals surface area contributed by atoms with Gasteiger partial charge in [0.15, 0.2) is 0 Å². The second-order valence-corrected chi connectivity index (χ2v) is 7.13. The number of primary amides is 1. The van der Waals surface area contributed by atoms with E-state index in [2.05, 4.69) is 0 Å². The fourth-order valence-electron chi connectivity index (χ4n) is 4.03. The van der Waals surface area contributed by atoms with Crippen molar-refractivity contribution < 1.29 is 13.4 Å². The summed E-state index contributed by atoms with van der Waals surface area (Å²) in [6.07, 6.45) is 3.24. The Bertz CT molecular complexity index is 745. The lowest BCUT2D eigenvalue weighted by Gasteiger charge is -2.41. The van der Waals surface area contributed by atoms with E-state index in [1.54, 1.807) is 0 Å². The van der Waals surface area contributed by atoms with Gasteiger partial charge in [-0.15, -0.1) is 0 Å². The number of carbonyl (C=O) groups is 1. The number of quaternary nitrogens is 1. The molecule has 1 saturated heterocycles. The zero-order valence-corrected chi connectivity index (χ0v) is 14.7. The third kappa shape index (κ3) is 3.62. The van der Waals surface area contributed by atoms with Gasteiger partial charge in [0.05, 0.1) is 30.7 Å². The number of carbonyl (C=O) groups excluding carboxylic acids is 1. The summed E-state index contributed by atoms with van der Waals surface area (Å²) in [4.78, 5) is 12.9. The van der Waals surface area contributed by atoms with Crippen LogP contribution in [0.15, 0.2) is 60.7 Å². The van der Waals surface area contributed by atoms with Crippen LogP contribution in [0, 0.1) is 0 Å². The van der Waals surface area contributed by atoms with Crippen LogP contribution in [0.5, 0.6) is 0 Å². The highest BCUT2D eigenvalue weighted by molar-refractivity contribution is 5.90. The summed E-state index contributed by atoms with van der Waals surface area (Å²) in [6.45, 7) is -0.468. The average Bonchev–Trinajstić information content (AvgIpc) is 2.70. The number of nitrogens with two attached hydrogens (primary N) is 1. The fraction of sp³-hybridized carbons (Fsp3) is 0.409. The smallest absolute Gasteiger partial charge is 0.232 e. The summed E-state index contributed by atoms with van der Waals surface area (Å²) < 4.78 is 24.6. The van der Waals surface area contributed by atoms with Crippen LogP contribution in [0.1, 0.15) is 40.9 Å². The Morgan fingerprint density at radius 3 is 1.96 bits per heavy atom. The van der Waals surface area contributed by atoms with E-state index in [-0.39, 0.29) is 4.48 Å². The highest BCUT2D eigenvalue weighted by Gasteiger charge is 2.42. The number of amides is 1. The summed E-state index contributed by atoms with van der Waals surface area (Å²) >= 11 is 0. The van der Waals surface area contributed by atoms with Crippen LogP contribution in [0.2, 0.25) is 0 Å². The van der Waals surface area contributed by atoms with Gasteiger partial charge in [-0.3, -0.25) is 4.79 Å². The predicted molar refractivity (Wildman–Crippen MR) is 102 cm³/mol. The molecule has 0 saturated carbocycles. The van der Waals surface area contributed by atoms with Crippen LogP contribution in [0.4, 0.5) is 0 Å². The predicted octanol–water partition coefficient (Wildman–Crippen LogP) is 3.48. The molecule has 0 atom stereocenters. The van der Waals surface area contributed by atoms with E-state index < -0.39 is 18.3 Å². The molecule has 2 aromatic rings. The van der Waals surface area contributed by atoms with Crippen molar-refractivity contribution in [2.45, 2.75) is 31.1 Å². The van der Waals surface area contributed by atoms with Crippen LogP contribution in [0.3, 0.4) is 0 Å². The van der Waals surface area contributed by atoms with Crippen molar-refractivity contribution in [2.24, 2.45) is 5.73 Å². The average molecular weight is 341 g/mol. The normalized spacial score (nSPS) is 19.4. The third-order valence-corrected chi connectivity index (χ3v) is 5.54. The first-order valence-corrected chi connectivity index (χ1v) is 9.09. The molecule has 1 aliphatic rings. The molecule has 25 heavy (non-hydrogen) atoms. The molecule has 0 aliphatic carbocycles. The summed E-state index contributed by atoms with van der Waals surface area (Å²) in [5.74, 6) is -0.439. The molecule has 2 N–H and O–H groups in total. The van der Waals surface area contributed by atoms with Crippen LogP contribution >= 0.6 is 0 Å². The van der Waals surface area contributed by atoms with Crippen LogP contribution in [-0.4, -0.2) is 37.0 Å². The number of hydrogen-bond acceptors (Lipinski definition) is 1. The van der Waals surface area contributed by atoms with Crippen molar-refractivity contribution >= 4 is 5.91 Å². The largest absolute Gasteiger partial charge is 0.369 e. The first-order valence-electron chi connectivity index (χ1n) is 10.6. The molecule has 0 spiro atoms. The summed E-state index contributed by atoms with van der Waals surface area (Å²) in [5, 5.41) is 0. The van der Waals surface area contributed by atoms with Gasteiger partial charge in [0.1, 0.15) is 5.41 Å². The molecular weight excluding hydrogens is 308 g/mol. The second kappa shape index (κ2) is 7.40. The molecule has 1 amide bonds. The molecule has 0 unspecified atom stereocenters. The van der Waals surface area contributed by atoms with Crippen molar-refractivity contribution in [3.63, 3.8) is 0 Å². The van der Waals surface area contributed by atoms with Gasteiger partial charge in [-0.05, 0) is 30.4 Å². The lowest BCUT2D eigenvalue weighted by molar-refractivity contribution is -0.914. The van der Waals surface area contributed by atoms with Crippen molar-refractivity contribution in [1.29, 1.82) is 0 Å². The van der Waals surface area contributed by atoms with Crippen molar-refractivity contribution in [2.75, 3.05) is 26.6 Å². The molecule has 1 aliphatic heterocycles. The second-order valence-electron chi connectivity index (χ2n) is 7.13. The molecule has 2 aromatic carbocycles. The van der Waals surface area contributed by atoms with Crippen LogP contribution in [-0.2, 0) is 10.2 Å². The molecule has 0 aromatic heterocycles. The molecule has 1 heterocycles. The Kier molecular flexibility index (Phi) is 4.17. The Morgan fingerprint density at radius 1 is 1.00 bits per heavy atom. The summed E-state index contributed by atoms with van der Waals surface area (Å²) in [5.41, 5.74) is 6.60. The Morgan fingerprint density at radius 2 is 1.52 bits per heavy atom. The monoisotopic (exact) mass is 340 g/mol. The first-order chi connectivity index (χ1) is 13.3. The number of benzene rings is 2. The molecule has 3 nitrogen and oxygen atoms in total. The number of likely N-dealkylation sites (tertiary alicyclic amines) is 1. The third-order valence-electron chi connectivity index (χ3n) is 5.54. The summed E-state index contributed by atoms with van der Waals surface area (Å²) in [6, 6.07) is 19.0.